The predicted molar refractivity (Wildman–Crippen MR) is 136 cm³/mol. The van der Waals surface area contributed by atoms with Crippen molar-refractivity contribution in [3.05, 3.63) is 95.4 Å². The van der Waals surface area contributed by atoms with Gasteiger partial charge in [0.15, 0.2) is 0 Å². The van der Waals surface area contributed by atoms with E-state index in [0.29, 0.717) is 17.8 Å². The summed E-state index contributed by atoms with van der Waals surface area (Å²) in [5, 5.41) is 6.84. The smallest absolute Gasteiger partial charge is 0.228 e. The van der Waals surface area contributed by atoms with Gasteiger partial charge in [-0.15, -0.1) is 0 Å². The van der Waals surface area contributed by atoms with Crippen LogP contribution in [0.25, 0.3) is 10.9 Å². The van der Waals surface area contributed by atoms with Crippen molar-refractivity contribution in [2.45, 2.75) is 18.3 Å². The number of carbonyl (C=O) groups is 2. The number of nitrogens with zero attached hydrogens (tertiary/aromatic N) is 1. The van der Waals surface area contributed by atoms with E-state index >= 15 is 0 Å². The fourth-order valence-corrected chi connectivity index (χ4v) is 4.79. The lowest BCUT2D eigenvalue weighted by atomic mass is 9.88. The molecule has 7 heteroatoms. The number of rotatable bonds is 6. The van der Waals surface area contributed by atoms with Crippen molar-refractivity contribution in [3.8, 4) is 0 Å². The first kappa shape index (κ1) is 22.7. The number of benzene rings is 3. The van der Waals surface area contributed by atoms with Gasteiger partial charge in [0.1, 0.15) is 5.82 Å². The fourth-order valence-electron chi connectivity index (χ4n) is 4.79. The normalized spacial score (nSPS) is 15.9. The molecule has 3 N–H and O–H groups in total. The van der Waals surface area contributed by atoms with Gasteiger partial charge in [0.05, 0.1) is 5.92 Å². The molecule has 1 aliphatic rings. The van der Waals surface area contributed by atoms with Crippen LogP contribution in [0.1, 0.15) is 34.9 Å². The molecule has 6 nitrogen and oxygen atoms in total. The fraction of sp³-hybridized carbons (Fsp3) is 0.214. The van der Waals surface area contributed by atoms with Crippen LogP contribution in [0.3, 0.4) is 0 Å². The Morgan fingerprint density at radius 3 is 2.66 bits per heavy atom. The highest BCUT2D eigenvalue weighted by atomic mass is 19.1. The summed E-state index contributed by atoms with van der Waals surface area (Å²) in [6.45, 7) is 0.358. The number of amides is 2. The highest BCUT2D eigenvalue weighted by Gasteiger charge is 2.31. The second kappa shape index (κ2) is 9.25. The maximum atomic E-state index is 13.7. The van der Waals surface area contributed by atoms with Crippen molar-refractivity contribution in [2.24, 2.45) is 0 Å². The van der Waals surface area contributed by atoms with Crippen LogP contribution in [-0.4, -0.2) is 37.4 Å². The van der Waals surface area contributed by atoms with Gasteiger partial charge in [0, 0.05) is 61.5 Å². The number of halogens is 1. The number of aromatic nitrogens is 1. The largest absolute Gasteiger partial charge is 0.378 e. The van der Waals surface area contributed by atoms with E-state index in [4.69, 9.17) is 0 Å². The van der Waals surface area contributed by atoms with Crippen LogP contribution in [0.2, 0.25) is 0 Å². The summed E-state index contributed by atoms with van der Waals surface area (Å²) in [7, 11) is 3.99. The van der Waals surface area contributed by atoms with Gasteiger partial charge in [0.25, 0.3) is 0 Å². The second-order valence-corrected chi connectivity index (χ2v) is 9.11. The zero-order valence-corrected chi connectivity index (χ0v) is 19.6. The zero-order chi connectivity index (χ0) is 24.5. The third-order valence-corrected chi connectivity index (χ3v) is 6.66. The third kappa shape index (κ3) is 4.49. The molecule has 0 saturated carbocycles. The number of nitrogens with one attached hydrogen (secondary N) is 3. The molecular formula is C28H27FN4O2. The van der Waals surface area contributed by atoms with Crippen molar-refractivity contribution in [2.75, 3.05) is 30.9 Å². The maximum Gasteiger partial charge on any atom is 0.228 e. The van der Waals surface area contributed by atoms with Gasteiger partial charge in [-0.25, -0.2) is 4.39 Å². The minimum Gasteiger partial charge on any atom is -0.378 e. The molecule has 3 aromatic carbocycles. The number of H-pyrrole nitrogens is 1. The number of carbonyl (C=O) groups excluding carboxylic acids is 2. The summed E-state index contributed by atoms with van der Waals surface area (Å²) >= 11 is 0. The first-order valence-electron chi connectivity index (χ1n) is 11.6. The first-order chi connectivity index (χ1) is 16.9. The van der Waals surface area contributed by atoms with Crippen LogP contribution < -0.4 is 15.5 Å². The molecular weight excluding hydrogens is 443 g/mol. The van der Waals surface area contributed by atoms with Crippen molar-refractivity contribution >= 4 is 34.1 Å². The molecule has 4 aromatic rings. The van der Waals surface area contributed by atoms with Gasteiger partial charge < -0.3 is 20.5 Å². The number of fused-ring (bicyclic) bond motifs is 2. The molecule has 0 radical (unpaired) electrons. The monoisotopic (exact) mass is 470 g/mol. The van der Waals surface area contributed by atoms with E-state index in [2.05, 4.69) is 45.9 Å². The molecule has 0 spiro atoms. The van der Waals surface area contributed by atoms with Crippen LogP contribution >= 0.6 is 0 Å². The minimum atomic E-state index is -0.668. The second-order valence-electron chi connectivity index (χ2n) is 9.11. The van der Waals surface area contributed by atoms with Crippen molar-refractivity contribution in [3.63, 3.8) is 0 Å². The molecule has 2 atom stereocenters. The number of hydrogen-bond acceptors (Lipinski definition) is 3. The topological polar surface area (TPSA) is 77.2 Å². The van der Waals surface area contributed by atoms with Crippen LogP contribution in [0.5, 0.6) is 0 Å². The van der Waals surface area contributed by atoms with Crippen LogP contribution in [0.4, 0.5) is 15.8 Å². The molecule has 0 fully saturated rings. The van der Waals surface area contributed by atoms with E-state index in [1.54, 1.807) is 6.07 Å². The minimum absolute atomic E-state index is 0.0275. The quantitative estimate of drug-likeness (QED) is 0.381. The number of hydrogen-bond donors (Lipinski definition) is 3. The summed E-state index contributed by atoms with van der Waals surface area (Å²) in [6.07, 6.45) is 2.02. The molecule has 0 bridgehead atoms. The van der Waals surface area contributed by atoms with Gasteiger partial charge in [-0.2, -0.15) is 0 Å². The van der Waals surface area contributed by atoms with E-state index in [1.165, 1.54) is 12.1 Å². The molecule has 35 heavy (non-hydrogen) atoms. The standard InChI is InChI=1S/C28H27FN4O2/c1-33(2)19-10-7-17(8-11-19)23(24-16-30-25-6-4-3-5-20(24)25)15-31-28(35)22-14-27(34)32-26-13-18(29)9-12-21(22)26/h3-13,16,22-23,30H,14-15H2,1-2H3,(H,31,35)(H,32,34)/t22-,23-/m0/s1. The first-order valence-corrected chi connectivity index (χ1v) is 11.6. The van der Waals surface area contributed by atoms with Crippen LogP contribution in [-0.2, 0) is 9.59 Å². The molecule has 178 valence electrons. The molecule has 0 aliphatic carbocycles. The summed E-state index contributed by atoms with van der Waals surface area (Å²) in [5.41, 5.74) is 5.26. The number of anilines is 2. The molecule has 5 rings (SSSR count). The van der Waals surface area contributed by atoms with Gasteiger partial charge in [-0.1, -0.05) is 36.4 Å². The lowest BCUT2D eigenvalue weighted by Crippen LogP contribution is -2.37. The molecule has 0 unspecified atom stereocenters. The Hall–Kier alpha value is -4.13. The Morgan fingerprint density at radius 2 is 1.89 bits per heavy atom. The Morgan fingerprint density at radius 1 is 1.11 bits per heavy atom. The van der Waals surface area contributed by atoms with E-state index in [1.807, 2.05) is 43.4 Å². The molecule has 2 heterocycles. The van der Waals surface area contributed by atoms with Crippen LogP contribution in [0, 0.1) is 5.82 Å². The highest BCUT2D eigenvalue weighted by molar-refractivity contribution is 6.01. The van der Waals surface area contributed by atoms with E-state index in [9.17, 15) is 14.0 Å². The average Bonchev–Trinajstić information content (AvgIpc) is 3.27. The Labute approximate surface area is 203 Å². The third-order valence-electron chi connectivity index (χ3n) is 6.66. The van der Waals surface area contributed by atoms with E-state index in [-0.39, 0.29) is 24.2 Å². The molecule has 2 amide bonds. The van der Waals surface area contributed by atoms with Gasteiger partial charge in [-0.05, 0) is 47.0 Å². The van der Waals surface area contributed by atoms with Crippen molar-refractivity contribution in [1.29, 1.82) is 0 Å². The summed E-state index contributed by atoms with van der Waals surface area (Å²) in [5.74, 6) is -1.76. The van der Waals surface area contributed by atoms with Gasteiger partial charge in [0.2, 0.25) is 11.8 Å². The zero-order valence-electron chi connectivity index (χ0n) is 19.6. The Balaban J connectivity index is 1.44. The summed E-state index contributed by atoms with van der Waals surface area (Å²) in [6, 6.07) is 20.5. The molecule has 0 saturated heterocycles. The molecule has 1 aromatic heterocycles. The molecule has 1 aliphatic heterocycles. The lowest BCUT2D eigenvalue weighted by Gasteiger charge is -2.26. The summed E-state index contributed by atoms with van der Waals surface area (Å²) < 4.78 is 13.7. The van der Waals surface area contributed by atoms with Crippen LogP contribution in [0.15, 0.2) is 72.9 Å². The highest BCUT2D eigenvalue weighted by Crippen LogP contribution is 2.34. The maximum absolute atomic E-state index is 13.7. The summed E-state index contributed by atoms with van der Waals surface area (Å²) in [4.78, 5) is 30.9. The van der Waals surface area contributed by atoms with E-state index in [0.717, 1.165) is 27.7 Å². The van der Waals surface area contributed by atoms with Crippen molar-refractivity contribution < 1.29 is 14.0 Å². The number of para-hydroxylation sites is 1. The van der Waals surface area contributed by atoms with Gasteiger partial charge >= 0.3 is 0 Å². The Bertz CT molecular complexity index is 1390. The Kier molecular flexibility index (Phi) is 5.99. The van der Waals surface area contributed by atoms with Gasteiger partial charge in [-0.3, -0.25) is 9.59 Å². The SMILES string of the molecule is CN(C)c1ccc([C@H](CNC(=O)[C@H]2CC(=O)Nc3cc(F)ccc32)c2c[nH]c3ccccc23)cc1. The average molecular weight is 471 g/mol. The van der Waals surface area contributed by atoms with Crippen molar-refractivity contribution in [1.82, 2.24) is 10.3 Å². The predicted octanol–water partition coefficient (Wildman–Crippen LogP) is 4.75. The lowest BCUT2D eigenvalue weighted by molar-refractivity contribution is -0.126. The van der Waals surface area contributed by atoms with E-state index < -0.39 is 11.7 Å². The number of aromatic amines is 1.